The van der Waals surface area contributed by atoms with Gasteiger partial charge in [0.25, 0.3) is 0 Å². The lowest BCUT2D eigenvalue weighted by atomic mass is 10.0. The van der Waals surface area contributed by atoms with Crippen molar-refractivity contribution in [3.8, 4) is 0 Å². The van der Waals surface area contributed by atoms with Crippen molar-refractivity contribution in [2.24, 2.45) is 11.7 Å². The molecule has 0 aliphatic carbocycles. The van der Waals surface area contributed by atoms with Gasteiger partial charge in [-0.2, -0.15) is 0 Å². The van der Waals surface area contributed by atoms with Crippen molar-refractivity contribution in [2.45, 2.75) is 71.6 Å². The minimum absolute atomic E-state index is 0.130. The molecule has 1 aromatic rings. The van der Waals surface area contributed by atoms with Crippen molar-refractivity contribution in [3.63, 3.8) is 0 Å². The van der Waals surface area contributed by atoms with Crippen molar-refractivity contribution >= 4 is 29.7 Å². The maximum atomic E-state index is 12.9. The van der Waals surface area contributed by atoms with E-state index in [2.05, 4.69) is 16.0 Å². The van der Waals surface area contributed by atoms with Gasteiger partial charge in [0.1, 0.15) is 24.2 Å². The zero-order valence-electron chi connectivity index (χ0n) is 21.9. The van der Waals surface area contributed by atoms with Gasteiger partial charge in [-0.3, -0.25) is 19.2 Å². The first kappa shape index (κ1) is 30.4. The molecule has 0 aromatic heterocycles. The summed E-state index contributed by atoms with van der Waals surface area (Å²) in [5, 5.41) is 7.63. The van der Waals surface area contributed by atoms with E-state index < -0.39 is 53.9 Å². The highest BCUT2D eigenvalue weighted by Crippen LogP contribution is 2.11. The molecule has 5 N–H and O–H groups in total. The molecule has 1 aromatic carbocycles. The molecule has 0 heterocycles. The molecule has 5 amide bonds. The summed E-state index contributed by atoms with van der Waals surface area (Å²) in [6, 6.07) is 5.31. The predicted octanol–water partition coefficient (Wildman–Crippen LogP) is 0.712. The summed E-state index contributed by atoms with van der Waals surface area (Å²) in [5.41, 5.74) is 6.26. The fourth-order valence-corrected chi connectivity index (χ4v) is 3.52. The highest BCUT2D eigenvalue weighted by Gasteiger charge is 2.31. The van der Waals surface area contributed by atoms with Crippen LogP contribution in [0.5, 0.6) is 0 Å². The average molecular weight is 506 g/mol. The molecular weight excluding hydrogens is 466 g/mol. The van der Waals surface area contributed by atoms with Crippen molar-refractivity contribution < 1.29 is 28.7 Å². The zero-order valence-corrected chi connectivity index (χ0v) is 21.9. The third kappa shape index (κ3) is 9.93. The molecule has 4 atom stereocenters. The van der Waals surface area contributed by atoms with Crippen LogP contribution in [-0.4, -0.2) is 72.4 Å². The number of rotatable bonds is 13. The van der Waals surface area contributed by atoms with Crippen LogP contribution in [0.3, 0.4) is 0 Å². The Kier molecular flexibility index (Phi) is 12.4. The largest absolute Gasteiger partial charge is 0.450 e. The Labute approximate surface area is 212 Å². The minimum atomic E-state index is -1.01. The van der Waals surface area contributed by atoms with Gasteiger partial charge >= 0.3 is 6.09 Å². The molecule has 0 radical (unpaired) electrons. The number of hydrogen-bond donors (Lipinski definition) is 4. The van der Waals surface area contributed by atoms with E-state index in [1.165, 1.54) is 25.8 Å². The van der Waals surface area contributed by atoms with E-state index in [4.69, 9.17) is 10.5 Å². The van der Waals surface area contributed by atoms with Gasteiger partial charge < -0.3 is 31.3 Å². The van der Waals surface area contributed by atoms with Crippen LogP contribution in [-0.2, 0) is 30.3 Å². The van der Waals surface area contributed by atoms with Gasteiger partial charge in [0.15, 0.2) is 0 Å². The highest BCUT2D eigenvalue weighted by molar-refractivity contribution is 5.94. The van der Waals surface area contributed by atoms with Gasteiger partial charge in [-0.25, -0.2) is 4.79 Å². The Balaban J connectivity index is 2.82. The lowest BCUT2D eigenvalue weighted by Gasteiger charge is -2.30. The molecule has 0 fully saturated rings. The normalized spacial score (nSPS) is 14.1. The SMILES string of the molecule is CCOC(=O)N[C@@H](Cc1ccccc1)C(=O)N[C@@H](C)C(=O)N[C@@H](C)C(=O)N(C)[C@@H](CC(C)C)C(N)=O. The number of benzene rings is 1. The van der Waals surface area contributed by atoms with Crippen molar-refractivity contribution in [1.82, 2.24) is 20.9 Å². The number of carbonyl (C=O) groups excluding carboxylic acids is 5. The number of amides is 5. The standard InChI is InChI=1S/C25H39N5O6/c1-7-36-25(35)29-19(14-18-11-9-8-10-12-18)23(33)27-16(4)22(32)28-17(5)24(34)30(6)20(21(26)31)13-15(2)3/h8-12,15-17,19-20H,7,13-14H2,1-6H3,(H2,26,31)(H,27,33)(H,28,32)(H,29,35)/t16-,17-,19-,20-/m0/s1. The molecule has 0 aliphatic rings. The summed E-state index contributed by atoms with van der Waals surface area (Å²) in [6.45, 7) is 8.55. The summed E-state index contributed by atoms with van der Waals surface area (Å²) in [6.07, 6.45) is -0.177. The van der Waals surface area contributed by atoms with E-state index in [0.717, 1.165) is 5.56 Å². The molecule has 11 nitrogen and oxygen atoms in total. The molecule has 1 rings (SSSR count). The molecule has 0 saturated heterocycles. The van der Waals surface area contributed by atoms with E-state index in [1.807, 2.05) is 44.2 Å². The number of nitrogens with one attached hydrogen (secondary N) is 3. The van der Waals surface area contributed by atoms with Crippen LogP contribution in [0.1, 0.15) is 46.6 Å². The van der Waals surface area contributed by atoms with Gasteiger partial charge in [-0.1, -0.05) is 44.2 Å². The number of alkyl carbamates (subject to hydrolysis) is 1. The van der Waals surface area contributed by atoms with Crippen molar-refractivity contribution in [2.75, 3.05) is 13.7 Å². The topological polar surface area (TPSA) is 160 Å². The molecule has 0 saturated carbocycles. The molecule has 0 aliphatic heterocycles. The molecule has 0 spiro atoms. The molecule has 36 heavy (non-hydrogen) atoms. The lowest BCUT2D eigenvalue weighted by Crippen LogP contribution is -2.57. The number of carbonyl (C=O) groups is 5. The average Bonchev–Trinajstić information content (AvgIpc) is 2.81. The van der Waals surface area contributed by atoms with Crippen LogP contribution in [0.4, 0.5) is 4.79 Å². The molecule has 0 bridgehead atoms. The summed E-state index contributed by atoms with van der Waals surface area (Å²) in [7, 11) is 1.46. The fraction of sp³-hybridized carbons (Fsp3) is 0.560. The number of ether oxygens (including phenoxy) is 1. The summed E-state index contributed by atoms with van der Waals surface area (Å²) < 4.78 is 4.89. The molecular formula is C25H39N5O6. The lowest BCUT2D eigenvalue weighted by molar-refractivity contribution is -0.141. The smallest absolute Gasteiger partial charge is 0.407 e. The first-order valence-electron chi connectivity index (χ1n) is 12.0. The van der Waals surface area contributed by atoms with Crippen LogP contribution in [0, 0.1) is 5.92 Å². The quantitative estimate of drug-likeness (QED) is 0.309. The van der Waals surface area contributed by atoms with Gasteiger partial charge in [-0.15, -0.1) is 0 Å². The number of nitrogens with two attached hydrogens (primary N) is 1. The minimum Gasteiger partial charge on any atom is -0.450 e. The van der Waals surface area contributed by atoms with Crippen LogP contribution in [0.25, 0.3) is 0 Å². The van der Waals surface area contributed by atoms with Crippen LogP contribution >= 0.6 is 0 Å². The van der Waals surface area contributed by atoms with E-state index in [-0.39, 0.29) is 18.9 Å². The third-order valence-corrected chi connectivity index (χ3v) is 5.49. The van der Waals surface area contributed by atoms with Gasteiger partial charge in [0.2, 0.25) is 23.6 Å². The van der Waals surface area contributed by atoms with Gasteiger partial charge in [0, 0.05) is 13.5 Å². The number of hydrogen-bond acceptors (Lipinski definition) is 6. The predicted molar refractivity (Wildman–Crippen MR) is 135 cm³/mol. The highest BCUT2D eigenvalue weighted by atomic mass is 16.5. The Morgan fingerprint density at radius 2 is 1.50 bits per heavy atom. The zero-order chi connectivity index (χ0) is 27.4. The van der Waals surface area contributed by atoms with E-state index >= 15 is 0 Å². The van der Waals surface area contributed by atoms with E-state index in [1.54, 1.807) is 6.92 Å². The first-order valence-corrected chi connectivity index (χ1v) is 12.0. The second kappa shape index (κ2) is 14.7. The van der Waals surface area contributed by atoms with Crippen LogP contribution in [0.15, 0.2) is 30.3 Å². The van der Waals surface area contributed by atoms with E-state index in [9.17, 15) is 24.0 Å². The Morgan fingerprint density at radius 3 is 2.03 bits per heavy atom. The molecule has 0 unspecified atom stereocenters. The second-order valence-electron chi connectivity index (χ2n) is 9.06. The number of primary amides is 1. The molecule has 200 valence electrons. The number of nitrogens with zero attached hydrogens (tertiary/aromatic N) is 1. The van der Waals surface area contributed by atoms with Crippen LogP contribution < -0.4 is 21.7 Å². The van der Waals surface area contributed by atoms with Crippen molar-refractivity contribution in [1.29, 1.82) is 0 Å². The maximum absolute atomic E-state index is 12.9. The second-order valence-corrected chi connectivity index (χ2v) is 9.06. The number of likely N-dealkylation sites (N-methyl/N-ethyl adjacent to an activating group) is 1. The monoisotopic (exact) mass is 505 g/mol. The summed E-state index contributed by atoms with van der Waals surface area (Å²) in [5.74, 6) is -2.18. The Hall–Kier alpha value is -3.63. The third-order valence-electron chi connectivity index (χ3n) is 5.49. The summed E-state index contributed by atoms with van der Waals surface area (Å²) in [4.78, 5) is 63.4. The Morgan fingerprint density at radius 1 is 0.917 bits per heavy atom. The maximum Gasteiger partial charge on any atom is 0.407 e. The van der Waals surface area contributed by atoms with Crippen molar-refractivity contribution in [3.05, 3.63) is 35.9 Å². The Bertz CT molecular complexity index is 907. The van der Waals surface area contributed by atoms with E-state index in [0.29, 0.717) is 6.42 Å². The first-order chi connectivity index (χ1) is 16.9. The van der Waals surface area contributed by atoms with Gasteiger partial charge in [-0.05, 0) is 38.7 Å². The van der Waals surface area contributed by atoms with Gasteiger partial charge in [0.05, 0.1) is 6.61 Å². The molecule has 11 heteroatoms. The summed E-state index contributed by atoms with van der Waals surface area (Å²) >= 11 is 0. The fourth-order valence-electron chi connectivity index (χ4n) is 3.52. The van der Waals surface area contributed by atoms with Crippen LogP contribution in [0.2, 0.25) is 0 Å².